The van der Waals surface area contributed by atoms with E-state index in [0.717, 1.165) is 36.8 Å². The van der Waals surface area contributed by atoms with Crippen molar-refractivity contribution in [3.05, 3.63) is 16.7 Å². The second kappa shape index (κ2) is 8.04. The number of nitrogens with one attached hydrogen (secondary N) is 2. The summed E-state index contributed by atoms with van der Waals surface area (Å²) in [4.78, 5) is 7.78. The molecule has 2 rings (SSSR count). The van der Waals surface area contributed by atoms with Crippen molar-refractivity contribution in [1.29, 1.82) is 0 Å². The second-order valence-corrected chi connectivity index (χ2v) is 6.48. The van der Waals surface area contributed by atoms with Crippen LogP contribution in [-0.4, -0.2) is 16.0 Å². The lowest BCUT2D eigenvalue weighted by atomic mass is 9.84. The van der Waals surface area contributed by atoms with Crippen molar-refractivity contribution in [1.82, 2.24) is 15.3 Å². The Bertz CT molecular complexity index is 396. The largest absolute Gasteiger partial charge is 0.344 e. The van der Waals surface area contributed by atoms with Crippen LogP contribution in [-0.2, 0) is 13.0 Å². The lowest BCUT2D eigenvalue weighted by Gasteiger charge is -2.28. The molecule has 0 unspecified atom stereocenters. The highest BCUT2D eigenvalue weighted by atomic mass is 35.5. The topological polar surface area (TPSA) is 40.7 Å². The maximum absolute atomic E-state index is 6.21. The van der Waals surface area contributed by atoms with Gasteiger partial charge >= 0.3 is 0 Å². The smallest absolute Gasteiger partial charge is 0.151 e. The van der Waals surface area contributed by atoms with Crippen LogP contribution < -0.4 is 5.32 Å². The molecular formula is C16H28ClN3. The standard InChI is InChI=1S/C16H28ClN3/c1-3-4-10-15-19-14(16(17)20-15)11-18-12(2)13-8-6-5-7-9-13/h12-13,18H,3-11H2,1-2H3,(H,19,20)/t12-/m1/s1. The molecule has 0 radical (unpaired) electrons. The lowest BCUT2D eigenvalue weighted by molar-refractivity contribution is 0.280. The molecule has 0 amide bonds. The summed E-state index contributed by atoms with van der Waals surface area (Å²) in [5, 5.41) is 4.26. The first-order valence-electron chi connectivity index (χ1n) is 8.17. The Kier molecular flexibility index (Phi) is 6.37. The number of nitrogens with zero attached hydrogens (tertiary/aromatic N) is 1. The monoisotopic (exact) mass is 297 g/mol. The molecule has 0 aromatic carbocycles. The van der Waals surface area contributed by atoms with Gasteiger partial charge in [-0.2, -0.15) is 0 Å². The van der Waals surface area contributed by atoms with E-state index in [2.05, 4.69) is 29.1 Å². The molecule has 0 spiro atoms. The predicted octanol–water partition coefficient (Wildman–Crippen LogP) is 4.46. The summed E-state index contributed by atoms with van der Waals surface area (Å²) >= 11 is 6.21. The zero-order valence-electron chi connectivity index (χ0n) is 12.8. The minimum absolute atomic E-state index is 0.564. The van der Waals surface area contributed by atoms with Crippen LogP contribution in [0.5, 0.6) is 0 Å². The van der Waals surface area contributed by atoms with Crippen LogP contribution in [0.2, 0.25) is 5.15 Å². The van der Waals surface area contributed by atoms with Crippen LogP contribution in [0.15, 0.2) is 0 Å². The first kappa shape index (κ1) is 15.8. The van der Waals surface area contributed by atoms with E-state index in [1.54, 1.807) is 0 Å². The molecule has 0 saturated heterocycles. The Balaban J connectivity index is 1.81. The number of imidazole rings is 1. The quantitative estimate of drug-likeness (QED) is 0.780. The van der Waals surface area contributed by atoms with E-state index < -0.39 is 0 Å². The Morgan fingerprint density at radius 2 is 2.10 bits per heavy atom. The molecule has 1 saturated carbocycles. The zero-order valence-corrected chi connectivity index (χ0v) is 13.6. The highest BCUT2D eigenvalue weighted by Gasteiger charge is 2.20. The normalized spacial score (nSPS) is 18.4. The zero-order chi connectivity index (χ0) is 14.4. The Morgan fingerprint density at radius 1 is 1.35 bits per heavy atom. The van der Waals surface area contributed by atoms with Gasteiger partial charge in [0, 0.05) is 19.0 Å². The van der Waals surface area contributed by atoms with E-state index in [9.17, 15) is 0 Å². The summed E-state index contributed by atoms with van der Waals surface area (Å²) in [5.41, 5.74) is 1.04. The lowest BCUT2D eigenvalue weighted by Crippen LogP contribution is -2.34. The van der Waals surface area contributed by atoms with Crippen LogP contribution in [0.25, 0.3) is 0 Å². The maximum atomic E-state index is 6.21. The molecule has 20 heavy (non-hydrogen) atoms. The Morgan fingerprint density at radius 3 is 2.80 bits per heavy atom. The summed E-state index contributed by atoms with van der Waals surface area (Å²) in [5.74, 6) is 1.85. The first-order chi connectivity index (χ1) is 9.70. The number of hydrogen-bond donors (Lipinski definition) is 2. The van der Waals surface area contributed by atoms with Gasteiger partial charge < -0.3 is 10.3 Å². The van der Waals surface area contributed by atoms with Gasteiger partial charge in [0.2, 0.25) is 0 Å². The van der Waals surface area contributed by atoms with Crippen LogP contribution in [0.4, 0.5) is 0 Å². The molecule has 1 aromatic rings. The molecule has 4 heteroatoms. The molecule has 1 aliphatic rings. The molecule has 3 nitrogen and oxygen atoms in total. The number of aryl methyl sites for hydroxylation is 1. The van der Waals surface area contributed by atoms with E-state index in [1.807, 2.05) is 0 Å². The fraction of sp³-hybridized carbons (Fsp3) is 0.812. The highest BCUT2D eigenvalue weighted by Crippen LogP contribution is 2.26. The number of H-pyrrole nitrogens is 1. The van der Waals surface area contributed by atoms with Crippen LogP contribution in [0, 0.1) is 5.92 Å². The van der Waals surface area contributed by atoms with Crippen molar-refractivity contribution in [2.24, 2.45) is 5.92 Å². The number of aromatic amines is 1. The molecular weight excluding hydrogens is 270 g/mol. The number of halogens is 1. The molecule has 114 valence electrons. The van der Waals surface area contributed by atoms with Crippen molar-refractivity contribution < 1.29 is 0 Å². The summed E-state index contributed by atoms with van der Waals surface area (Å²) in [6.45, 7) is 5.30. The number of unbranched alkanes of at least 4 members (excludes halogenated alkanes) is 1. The molecule has 1 aliphatic carbocycles. The molecule has 1 heterocycles. The number of aromatic nitrogens is 2. The molecule has 1 fully saturated rings. The summed E-state index contributed by atoms with van der Waals surface area (Å²) in [6, 6.07) is 0.564. The minimum atomic E-state index is 0.564. The van der Waals surface area contributed by atoms with Gasteiger partial charge in [-0.3, -0.25) is 0 Å². The SMILES string of the molecule is CCCCc1nc(Cl)c(CN[C@H](C)C2CCCCC2)[nH]1. The average molecular weight is 298 g/mol. The molecule has 2 N–H and O–H groups in total. The fourth-order valence-electron chi connectivity index (χ4n) is 3.08. The van der Waals surface area contributed by atoms with Crippen molar-refractivity contribution in [3.8, 4) is 0 Å². The third kappa shape index (κ3) is 4.49. The van der Waals surface area contributed by atoms with E-state index in [0.29, 0.717) is 11.2 Å². The Hall–Kier alpha value is -0.540. The van der Waals surface area contributed by atoms with Gasteiger partial charge in [0.25, 0.3) is 0 Å². The van der Waals surface area contributed by atoms with Gasteiger partial charge in [0.1, 0.15) is 5.82 Å². The van der Waals surface area contributed by atoms with Crippen LogP contribution >= 0.6 is 11.6 Å². The third-order valence-electron chi connectivity index (χ3n) is 4.50. The molecule has 0 aliphatic heterocycles. The van der Waals surface area contributed by atoms with Crippen LogP contribution in [0.3, 0.4) is 0 Å². The van der Waals surface area contributed by atoms with Crippen molar-refractivity contribution >= 4 is 11.6 Å². The first-order valence-corrected chi connectivity index (χ1v) is 8.55. The fourth-order valence-corrected chi connectivity index (χ4v) is 3.30. The van der Waals surface area contributed by atoms with Crippen LogP contribution in [0.1, 0.15) is 70.3 Å². The van der Waals surface area contributed by atoms with Gasteiger partial charge in [-0.05, 0) is 32.1 Å². The van der Waals surface area contributed by atoms with Crippen molar-refractivity contribution in [2.75, 3.05) is 0 Å². The Labute approximate surface area is 127 Å². The van der Waals surface area contributed by atoms with E-state index in [-0.39, 0.29) is 0 Å². The van der Waals surface area contributed by atoms with Crippen molar-refractivity contribution in [3.63, 3.8) is 0 Å². The highest BCUT2D eigenvalue weighted by molar-refractivity contribution is 6.30. The minimum Gasteiger partial charge on any atom is -0.344 e. The molecule has 1 aromatic heterocycles. The van der Waals surface area contributed by atoms with Gasteiger partial charge in [-0.15, -0.1) is 0 Å². The summed E-state index contributed by atoms with van der Waals surface area (Å²) in [6.07, 6.45) is 10.3. The predicted molar refractivity (Wildman–Crippen MR) is 85.1 cm³/mol. The summed E-state index contributed by atoms with van der Waals surface area (Å²) < 4.78 is 0. The van der Waals surface area contributed by atoms with Crippen molar-refractivity contribution in [2.45, 2.75) is 77.8 Å². The average Bonchev–Trinajstić information content (AvgIpc) is 2.83. The van der Waals surface area contributed by atoms with Gasteiger partial charge in [0.05, 0.1) is 5.69 Å². The molecule has 0 bridgehead atoms. The molecule has 1 atom stereocenters. The van der Waals surface area contributed by atoms with Gasteiger partial charge in [-0.25, -0.2) is 4.98 Å². The number of rotatable bonds is 7. The number of hydrogen-bond acceptors (Lipinski definition) is 2. The van der Waals surface area contributed by atoms with Gasteiger partial charge in [0.15, 0.2) is 5.15 Å². The summed E-state index contributed by atoms with van der Waals surface area (Å²) in [7, 11) is 0. The van der Waals surface area contributed by atoms with E-state index in [1.165, 1.54) is 38.5 Å². The second-order valence-electron chi connectivity index (χ2n) is 6.12. The maximum Gasteiger partial charge on any atom is 0.151 e. The van der Waals surface area contributed by atoms with E-state index >= 15 is 0 Å². The van der Waals surface area contributed by atoms with E-state index in [4.69, 9.17) is 11.6 Å². The van der Waals surface area contributed by atoms with Gasteiger partial charge in [-0.1, -0.05) is 44.2 Å². The third-order valence-corrected chi connectivity index (χ3v) is 4.81.